The van der Waals surface area contributed by atoms with Crippen molar-refractivity contribution < 1.29 is 27.5 Å². The van der Waals surface area contributed by atoms with Crippen LogP contribution in [0.2, 0.25) is 5.02 Å². The van der Waals surface area contributed by atoms with Gasteiger partial charge >= 0.3 is 0 Å². The van der Waals surface area contributed by atoms with Crippen molar-refractivity contribution in [2.45, 2.75) is 38.8 Å². The number of carbonyl (C=O) groups is 2. The van der Waals surface area contributed by atoms with Crippen LogP contribution in [0.1, 0.15) is 31.8 Å². The molecule has 11 heteroatoms. The van der Waals surface area contributed by atoms with Crippen LogP contribution in [-0.4, -0.2) is 58.6 Å². The summed E-state index contributed by atoms with van der Waals surface area (Å²) in [5.41, 5.74) is 0.925. The highest BCUT2D eigenvalue weighted by molar-refractivity contribution is 6.33. The zero-order valence-electron chi connectivity index (χ0n) is 19.5. The molecule has 1 aromatic heterocycles. The number of hydrogen-bond acceptors (Lipinski definition) is 4. The number of nitrogens with zero attached hydrogens (tertiary/aromatic N) is 4. The van der Waals surface area contributed by atoms with Crippen LogP contribution < -0.4 is 4.90 Å². The molecular formula is C25H24ClF3N4O3. The third-order valence-electron chi connectivity index (χ3n) is 6.63. The smallest absolute Gasteiger partial charge is 0.263 e. The number of carbonyl (C=O) groups excluding carboxylic acids is 2. The molecule has 0 N–H and O–H groups in total. The van der Waals surface area contributed by atoms with Gasteiger partial charge in [0.05, 0.1) is 40.9 Å². The molecule has 0 saturated carbocycles. The molecule has 3 heterocycles. The average Bonchev–Trinajstić information content (AvgIpc) is 3.42. The number of halogens is 4. The lowest BCUT2D eigenvalue weighted by atomic mass is 10.1. The highest BCUT2D eigenvalue weighted by Crippen LogP contribution is 2.37. The number of rotatable bonds is 5. The molecule has 2 aromatic carbocycles. The Labute approximate surface area is 210 Å². The van der Waals surface area contributed by atoms with Gasteiger partial charge in [0, 0.05) is 44.2 Å². The van der Waals surface area contributed by atoms with Crippen LogP contribution >= 0.6 is 11.6 Å². The Balaban J connectivity index is 1.60. The second-order valence-corrected chi connectivity index (χ2v) is 9.39. The first-order chi connectivity index (χ1) is 17.2. The normalized spacial score (nSPS) is 18.6. The first-order valence-electron chi connectivity index (χ1n) is 11.7. The predicted octanol–water partition coefficient (Wildman–Crippen LogP) is 4.81. The fraction of sp³-hybridized carbons (Fsp3) is 0.400. The summed E-state index contributed by atoms with van der Waals surface area (Å²) in [6.07, 6.45) is -2.04. The molecule has 36 heavy (non-hydrogen) atoms. The van der Waals surface area contributed by atoms with Crippen LogP contribution in [0.4, 0.5) is 18.9 Å². The second kappa shape index (κ2) is 9.74. The SMILES string of the molecule is CC(=O)N1CCO[C@@H](Cn2c(-c3c(F)cc(N4CCCC4=O)cc3Cl)nc3cc(C(F)F)ccc32)C1. The molecule has 0 unspecified atom stereocenters. The molecule has 5 rings (SSSR count). The van der Waals surface area contributed by atoms with Crippen LogP contribution in [0.15, 0.2) is 30.3 Å². The first kappa shape index (κ1) is 24.6. The van der Waals surface area contributed by atoms with Gasteiger partial charge in [-0.2, -0.15) is 0 Å². The van der Waals surface area contributed by atoms with Gasteiger partial charge in [-0.25, -0.2) is 18.2 Å². The van der Waals surface area contributed by atoms with Gasteiger partial charge in [0.15, 0.2) is 0 Å². The number of alkyl halides is 2. The number of morpholine rings is 1. The van der Waals surface area contributed by atoms with Crippen molar-refractivity contribution in [2.24, 2.45) is 0 Å². The largest absolute Gasteiger partial charge is 0.373 e. The molecule has 0 spiro atoms. The summed E-state index contributed by atoms with van der Waals surface area (Å²) in [4.78, 5) is 31.7. The third kappa shape index (κ3) is 4.55. The van der Waals surface area contributed by atoms with Crippen molar-refractivity contribution in [1.29, 1.82) is 0 Å². The lowest BCUT2D eigenvalue weighted by Crippen LogP contribution is -2.46. The Morgan fingerprint density at radius 3 is 2.72 bits per heavy atom. The molecule has 2 amide bonds. The average molecular weight is 521 g/mol. The summed E-state index contributed by atoms with van der Waals surface area (Å²) in [6.45, 7) is 3.30. The summed E-state index contributed by atoms with van der Waals surface area (Å²) in [5.74, 6) is -0.712. The molecule has 1 atom stereocenters. The van der Waals surface area contributed by atoms with Gasteiger partial charge in [0.25, 0.3) is 6.43 Å². The van der Waals surface area contributed by atoms with Gasteiger partial charge < -0.3 is 19.1 Å². The minimum absolute atomic E-state index is 0.00101. The van der Waals surface area contributed by atoms with Gasteiger partial charge in [0.2, 0.25) is 11.8 Å². The van der Waals surface area contributed by atoms with E-state index in [4.69, 9.17) is 16.3 Å². The Morgan fingerprint density at radius 2 is 2.06 bits per heavy atom. The predicted molar refractivity (Wildman–Crippen MR) is 129 cm³/mol. The molecule has 7 nitrogen and oxygen atoms in total. The minimum atomic E-state index is -2.69. The van der Waals surface area contributed by atoms with Gasteiger partial charge in [-0.1, -0.05) is 17.7 Å². The maximum atomic E-state index is 15.6. The number of fused-ring (bicyclic) bond motifs is 1. The fourth-order valence-electron chi connectivity index (χ4n) is 4.83. The summed E-state index contributed by atoms with van der Waals surface area (Å²) < 4.78 is 49.8. The van der Waals surface area contributed by atoms with Crippen molar-refractivity contribution in [3.05, 3.63) is 46.7 Å². The molecule has 2 saturated heterocycles. The summed E-state index contributed by atoms with van der Waals surface area (Å²) in [7, 11) is 0. The van der Waals surface area contributed by atoms with Crippen molar-refractivity contribution in [1.82, 2.24) is 14.5 Å². The Kier molecular flexibility index (Phi) is 6.65. The molecular weight excluding hydrogens is 497 g/mol. The van der Waals surface area contributed by atoms with Gasteiger partial charge in [-0.3, -0.25) is 9.59 Å². The van der Waals surface area contributed by atoms with E-state index in [9.17, 15) is 18.4 Å². The van der Waals surface area contributed by atoms with Crippen molar-refractivity contribution in [3.63, 3.8) is 0 Å². The van der Waals surface area contributed by atoms with Crippen LogP contribution in [-0.2, 0) is 20.9 Å². The first-order valence-corrected chi connectivity index (χ1v) is 12.1. The quantitative estimate of drug-likeness (QED) is 0.484. The molecule has 2 aliphatic heterocycles. The van der Waals surface area contributed by atoms with Crippen LogP contribution in [0.25, 0.3) is 22.4 Å². The van der Waals surface area contributed by atoms with Gasteiger partial charge in [-0.15, -0.1) is 0 Å². The van der Waals surface area contributed by atoms with E-state index >= 15 is 4.39 Å². The van der Waals surface area contributed by atoms with Gasteiger partial charge in [-0.05, 0) is 30.7 Å². The summed E-state index contributed by atoms with van der Waals surface area (Å²) in [5, 5.41) is 0.0465. The molecule has 0 aliphatic carbocycles. The third-order valence-corrected chi connectivity index (χ3v) is 6.93. The number of ether oxygens (including phenoxy) is 1. The number of amides is 2. The lowest BCUT2D eigenvalue weighted by Gasteiger charge is -2.32. The highest BCUT2D eigenvalue weighted by Gasteiger charge is 2.28. The molecule has 3 aromatic rings. The van der Waals surface area contributed by atoms with Crippen LogP contribution in [0.5, 0.6) is 0 Å². The van der Waals surface area contributed by atoms with Crippen molar-refractivity contribution in [2.75, 3.05) is 31.1 Å². The van der Waals surface area contributed by atoms with Gasteiger partial charge in [0.1, 0.15) is 11.6 Å². The zero-order valence-corrected chi connectivity index (χ0v) is 20.3. The number of hydrogen-bond donors (Lipinski definition) is 0. The molecule has 190 valence electrons. The van der Waals surface area contributed by atoms with E-state index in [1.165, 1.54) is 42.2 Å². The topological polar surface area (TPSA) is 67.7 Å². The maximum Gasteiger partial charge on any atom is 0.263 e. The number of imidazole rings is 1. The van der Waals surface area contributed by atoms with Crippen molar-refractivity contribution in [3.8, 4) is 11.4 Å². The molecule has 2 aliphatic rings. The monoisotopic (exact) mass is 520 g/mol. The van der Waals surface area contributed by atoms with E-state index < -0.39 is 18.3 Å². The maximum absolute atomic E-state index is 15.6. The van der Waals surface area contributed by atoms with Crippen LogP contribution in [0, 0.1) is 5.82 Å². The highest BCUT2D eigenvalue weighted by atomic mass is 35.5. The molecule has 0 radical (unpaired) electrons. The van der Waals surface area contributed by atoms with E-state index in [1.807, 2.05) is 0 Å². The van der Waals surface area contributed by atoms with Crippen molar-refractivity contribution >= 4 is 40.1 Å². The minimum Gasteiger partial charge on any atom is -0.373 e. The number of anilines is 1. The second-order valence-electron chi connectivity index (χ2n) is 8.99. The zero-order chi connectivity index (χ0) is 25.6. The Bertz CT molecular complexity index is 1320. The molecule has 2 fully saturated rings. The van der Waals surface area contributed by atoms with E-state index in [2.05, 4.69) is 4.98 Å². The Hall–Kier alpha value is -3.11. The number of aromatic nitrogens is 2. The molecule has 0 bridgehead atoms. The van der Waals surface area contributed by atoms with Crippen LogP contribution in [0.3, 0.4) is 0 Å². The van der Waals surface area contributed by atoms with E-state index in [0.717, 1.165) is 0 Å². The van der Waals surface area contributed by atoms with E-state index in [0.29, 0.717) is 50.3 Å². The summed E-state index contributed by atoms with van der Waals surface area (Å²) in [6, 6.07) is 6.85. The lowest BCUT2D eigenvalue weighted by molar-refractivity contribution is -0.136. The summed E-state index contributed by atoms with van der Waals surface area (Å²) >= 11 is 6.55. The fourth-order valence-corrected chi connectivity index (χ4v) is 5.11. The number of benzene rings is 2. The van der Waals surface area contributed by atoms with E-state index in [1.54, 1.807) is 9.47 Å². The van der Waals surface area contributed by atoms with E-state index in [-0.39, 0.29) is 45.8 Å². The Morgan fingerprint density at radius 1 is 1.25 bits per heavy atom. The standard InChI is InChI=1S/C25H24ClF3N4O3/c1-14(34)31-7-8-36-17(12-31)13-33-21-5-4-15(24(28)29)9-20(21)30-25(33)23-18(26)10-16(11-19(23)27)32-6-2-3-22(32)35/h4-5,9-11,17,24H,2-3,6-8,12-13H2,1H3/t17-/m1/s1.